The molecule has 38 heavy (non-hydrogen) atoms. The summed E-state index contributed by atoms with van der Waals surface area (Å²) in [6.07, 6.45) is 3.73. The van der Waals surface area contributed by atoms with E-state index in [-0.39, 0.29) is 43.9 Å². The summed E-state index contributed by atoms with van der Waals surface area (Å²) < 4.78 is 53.7. The number of nitrogens with one attached hydrogen (secondary N) is 1. The second-order valence-corrected chi connectivity index (χ2v) is 12.1. The predicted molar refractivity (Wildman–Crippen MR) is 148 cm³/mol. The number of carbonyl (C=O) groups excluding carboxylic acids is 1. The van der Waals surface area contributed by atoms with Crippen LogP contribution in [-0.2, 0) is 40.2 Å². The number of allylic oxidation sites excluding steroid dienone is 1. The number of phosphoric acid groups is 1. The lowest BCUT2D eigenvalue weighted by atomic mass is 9.90. The molecule has 1 N–H and O–H groups in total. The number of amides is 1. The number of phosphoric ester groups is 1. The van der Waals surface area contributed by atoms with Gasteiger partial charge in [0.05, 0.1) is 26.2 Å². The van der Waals surface area contributed by atoms with Crippen molar-refractivity contribution in [1.82, 2.24) is 5.32 Å². The van der Waals surface area contributed by atoms with Crippen LogP contribution in [0.4, 0.5) is 4.39 Å². The first-order chi connectivity index (χ1) is 18.2. The average molecular weight is 566 g/mol. The molecule has 208 valence electrons. The molecule has 0 aliphatic heterocycles. The molecule has 3 rings (SSSR count). The normalized spacial score (nSPS) is 16.0. The van der Waals surface area contributed by atoms with E-state index in [0.717, 1.165) is 32.7 Å². The molecule has 2 atom stereocenters. The highest BCUT2D eigenvalue weighted by molar-refractivity contribution is 7.84. The molecule has 0 fully saturated rings. The Labute approximate surface area is 227 Å². The zero-order valence-corrected chi connectivity index (χ0v) is 24.2. The highest BCUT2D eigenvalue weighted by Gasteiger charge is 2.30. The molecular weight excluding hydrogens is 528 g/mol. The number of benzene rings is 2. The number of hydrogen-bond acceptors (Lipinski definition) is 6. The van der Waals surface area contributed by atoms with E-state index < -0.39 is 18.6 Å². The molecule has 1 amide bonds. The molecule has 2 unspecified atom stereocenters. The van der Waals surface area contributed by atoms with Gasteiger partial charge in [0.2, 0.25) is 5.91 Å². The van der Waals surface area contributed by atoms with Crippen LogP contribution in [0.25, 0.3) is 5.57 Å². The Morgan fingerprint density at radius 3 is 2.37 bits per heavy atom. The van der Waals surface area contributed by atoms with E-state index >= 15 is 0 Å². The Kier molecular flexibility index (Phi) is 11.4. The molecule has 0 radical (unpaired) electrons. The molecule has 0 heterocycles. The van der Waals surface area contributed by atoms with Gasteiger partial charge in [0.15, 0.2) is 0 Å². The van der Waals surface area contributed by atoms with Gasteiger partial charge in [-0.2, -0.15) is 0 Å². The summed E-state index contributed by atoms with van der Waals surface area (Å²) in [7, 11) is -4.56. The molecule has 2 aromatic carbocycles. The van der Waals surface area contributed by atoms with Gasteiger partial charge in [-0.25, -0.2) is 8.96 Å². The van der Waals surface area contributed by atoms with E-state index in [0.29, 0.717) is 25.8 Å². The van der Waals surface area contributed by atoms with E-state index in [1.165, 1.54) is 12.1 Å². The van der Waals surface area contributed by atoms with Crippen LogP contribution >= 0.6 is 7.82 Å². The molecule has 0 saturated carbocycles. The number of hydrogen-bond donors (Lipinski definition) is 1. The third-order valence-corrected chi connectivity index (χ3v) is 9.05. The molecule has 10 heteroatoms. The third-order valence-electron chi connectivity index (χ3n) is 6.46. The second kappa shape index (κ2) is 14.3. The van der Waals surface area contributed by atoms with Gasteiger partial charge in [-0.3, -0.25) is 22.6 Å². The Bertz CT molecular complexity index is 1210. The largest absolute Gasteiger partial charge is 0.474 e. The van der Waals surface area contributed by atoms with E-state index in [1.54, 1.807) is 20.1 Å². The molecule has 0 spiro atoms. The lowest BCUT2D eigenvalue weighted by molar-refractivity contribution is -0.120. The summed E-state index contributed by atoms with van der Waals surface area (Å²) in [5.41, 5.74) is 4.79. The lowest BCUT2D eigenvalue weighted by Gasteiger charge is -2.16. The maximum Gasteiger partial charge on any atom is 0.474 e. The molecule has 1 aliphatic carbocycles. The molecular formula is C28H37FNO6PS. The van der Waals surface area contributed by atoms with Crippen molar-refractivity contribution in [3.05, 3.63) is 70.5 Å². The minimum Gasteiger partial charge on any atom is -0.356 e. The van der Waals surface area contributed by atoms with Crippen LogP contribution < -0.4 is 5.32 Å². The first kappa shape index (κ1) is 30.4. The summed E-state index contributed by atoms with van der Waals surface area (Å²) in [5, 5.41) is 2.92. The smallest absolute Gasteiger partial charge is 0.356 e. The Morgan fingerprint density at radius 2 is 1.74 bits per heavy atom. The number of carbonyl (C=O) groups is 1. The number of unbranched alkanes of at least 4 members (excludes halogenated alkanes) is 1. The summed E-state index contributed by atoms with van der Waals surface area (Å²) >= 11 is 0. The lowest BCUT2D eigenvalue weighted by Crippen LogP contribution is -2.24. The summed E-state index contributed by atoms with van der Waals surface area (Å²) in [6, 6.07) is 12.5. The van der Waals surface area contributed by atoms with Crippen LogP contribution in [0.2, 0.25) is 0 Å². The van der Waals surface area contributed by atoms with Crippen LogP contribution in [0.5, 0.6) is 0 Å². The van der Waals surface area contributed by atoms with Crippen LogP contribution in [0.3, 0.4) is 0 Å². The van der Waals surface area contributed by atoms with E-state index in [2.05, 4.69) is 5.32 Å². The molecule has 0 bridgehead atoms. The van der Waals surface area contributed by atoms with Crippen LogP contribution in [0.15, 0.2) is 52.9 Å². The standard InChI is InChI=1S/C28H37FNO6PS/c1-5-34-37(32,35-6-2)36-16-8-7-15-30-28(31)19-26-20(3)25(24-14-11-22(29)18-27(24)26)17-21-9-12-23(13-10-21)38(4)33/h9-14,18,25H,5-8,15-17,19H2,1-4H3,(H,30,31). The Morgan fingerprint density at radius 1 is 1.05 bits per heavy atom. The van der Waals surface area contributed by atoms with Gasteiger partial charge in [-0.15, -0.1) is 0 Å². The zero-order valence-electron chi connectivity index (χ0n) is 22.5. The van der Waals surface area contributed by atoms with E-state index in [4.69, 9.17) is 13.6 Å². The molecule has 1 aliphatic rings. The van der Waals surface area contributed by atoms with Crippen molar-refractivity contribution in [3.8, 4) is 0 Å². The van der Waals surface area contributed by atoms with Gasteiger partial charge in [-0.1, -0.05) is 23.8 Å². The maximum atomic E-state index is 14.2. The van der Waals surface area contributed by atoms with Gasteiger partial charge in [0.1, 0.15) is 5.82 Å². The predicted octanol–water partition coefficient (Wildman–Crippen LogP) is 6.16. The number of halogens is 1. The maximum absolute atomic E-state index is 14.2. The van der Waals surface area contributed by atoms with Crippen LogP contribution in [-0.4, -0.2) is 42.7 Å². The van der Waals surface area contributed by atoms with Crippen molar-refractivity contribution in [2.45, 2.75) is 57.3 Å². The fraction of sp³-hybridized carbons (Fsp3) is 0.464. The summed E-state index contributed by atoms with van der Waals surface area (Å²) in [5.74, 6) is -0.434. The van der Waals surface area contributed by atoms with Crippen LogP contribution in [0, 0.1) is 5.82 Å². The van der Waals surface area contributed by atoms with E-state index in [1.807, 2.05) is 37.3 Å². The first-order valence-corrected chi connectivity index (χ1v) is 15.9. The van der Waals surface area contributed by atoms with Crippen molar-refractivity contribution < 1.29 is 31.5 Å². The van der Waals surface area contributed by atoms with Crippen molar-refractivity contribution in [2.24, 2.45) is 0 Å². The summed E-state index contributed by atoms with van der Waals surface area (Å²) in [4.78, 5) is 13.6. The Hall–Kier alpha value is -2.16. The van der Waals surface area contributed by atoms with Crippen molar-refractivity contribution in [3.63, 3.8) is 0 Å². The molecule has 2 aromatic rings. The van der Waals surface area contributed by atoms with E-state index in [9.17, 15) is 18.0 Å². The highest BCUT2D eigenvalue weighted by Crippen LogP contribution is 2.49. The minimum atomic E-state index is -3.53. The fourth-order valence-electron chi connectivity index (χ4n) is 4.58. The monoisotopic (exact) mass is 565 g/mol. The second-order valence-electron chi connectivity index (χ2n) is 9.10. The van der Waals surface area contributed by atoms with Gasteiger partial charge >= 0.3 is 7.82 Å². The van der Waals surface area contributed by atoms with Crippen LogP contribution in [0.1, 0.15) is 62.6 Å². The first-order valence-electron chi connectivity index (χ1n) is 12.9. The molecule has 0 saturated heterocycles. The highest BCUT2D eigenvalue weighted by atomic mass is 32.2. The SMILES string of the molecule is CCOP(=O)(OCC)OCCCCNC(=O)CC1=C(C)C(Cc2ccc(S(C)=O)cc2)c2ccc(F)cc21. The molecule has 7 nitrogen and oxygen atoms in total. The van der Waals surface area contributed by atoms with Gasteiger partial charge in [0.25, 0.3) is 0 Å². The molecule has 0 aromatic heterocycles. The fourth-order valence-corrected chi connectivity index (χ4v) is 6.31. The average Bonchev–Trinajstić information content (AvgIpc) is 3.12. The van der Waals surface area contributed by atoms with Crippen molar-refractivity contribution >= 4 is 30.1 Å². The van der Waals surface area contributed by atoms with Crippen molar-refractivity contribution in [1.29, 1.82) is 0 Å². The zero-order chi connectivity index (χ0) is 27.7. The Balaban J connectivity index is 1.58. The van der Waals surface area contributed by atoms with Gasteiger partial charge in [0, 0.05) is 34.4 Å². The van der Waals surface area contributed by atoms with Gasteiger partial charge in [-0.05, 0) is 86.6 Å². The topological polar surface area (TPSA) is 90.9 Å². The van der Waals surface area contributed by atoms with Crippen molar-refractivity contribution in [2.75, 3.05) is 32.6 Å². The number of fused-ring (bicyclic) bond motifs is 1. The summed E-state index contributed by atoms with van der Waals surface area (Å²) in [6.45, 7) is 6.53. The quantitative estimate of drug-likeness (QED) is 0.205. The number of rotatable bonds is 15. The van der Waals surface area contributed by atoms with Gasteiger partial charge < -0.3 is 5.32 Å². The minimum absolute atomic E-state index is 0.0369. The third kappa shape index (κ3) is 8.17.